The first kappa shape index (κ1) is 23.5. The van der Waals surface area contributed by atoms with Crippen LogP contribution in [0.1, 0.15) is 61.0 Å². The summed E-state index contributed by atoms with van der Waals surface area (Å²) in [4.78, 5) is 25.9. The van der Waals surface area contributed by atoms with Gasteiger partial charge in [0.2, 0.25) is 5.91 Å². The third kappa shape index (κ3) is 4.31. The van der Waals surface area contributed by atoms with Crippen molar-refractivity contribution >= 4 is 29.2 Å². The van der Waals surface area contributed by atoms with E-state index in [2.05, 4.69) is 10.4 Å². The highest BCUT2D eigenvalue weighted by atomic mass is 35.5. The number of rotatable bonds is 7. The number of nitrogens with zero attached hydrogens (tertiary/aromatic N) is 2. The third-order valence-corrected chi connectivity index (χ3v) is 7.05. The van der Waals surface area contributed by atoms with Crippen molar-refractivity contribution in [3.63, 3.8) is 0 Å². The van der Waals surface area contributed by atoms with Crippen molar-refractivity contribution in [2.75, 3.05) is 11.9 Å². The number of esters is 1. The van der Waals surface area contributed by atoms with Gasteiger partial charge in [-0.1, -0.05) is 17.7 Å². The van der Waals surface area contributed by atoms with Gasteiger partial charge in [0.25, 0.3) is 0 Å². The van der Waals surface area contributed by atoms with Crippen LogP contribution in [0.5, 0.6) is 0 Å². The summed E-state index contributed by atoms with van der Waals surface area (Å²) in [7, 11) is 0. The molecule has 0 saturated heterocycles. The lowest BCUT2D eigenvalue weighted by Crippen LogP contribution is -2.29. The molecule has 1 heterocycles. The van der Waals surface area contributed by atoms with Crippen LogP contribution >= 0.6 is 11.6 Å². The van der Waals surface area contributed by atoms with E-state index in [1.54, 1.807) is 17.8 Å². The number of aromatic nitrogens is 2. The van der Waals surface area contributed by atoms with Crippen molar-refractivity contribution in [3.8, 4) is 11.1 Å². The van der Waals surface area contributed by atoms with E-state index in [-0.39, 0.29) is 40.0 Å². The van der Waals surface area contributed by atoms with Gasteiger partial charge in [-0.25, -0.2) is 13.6 Å². The molecular formula is C26H24ClF2N3O3. The number of anilines is 1. The maximum Gasteiger partial charge on any atom is 0.338 e. The second-order valence-electron chi connectivity index (χ2n) is 9.06. The zero-order valence-corrected chi connectivity index (χ0v) is 19.9. The Balaban J connectivity index is 1.47. The number of nitrogens with one attached hydrogen (secondary N) is 1. The maximum atomic E-state index is 15.4. The van der Waals surface area contributed by atoms with E-state index in [0.29, 0.717) is 18.4 Å². The van der Waals surface area contributed by atoms with Gasteiger partial charge < -0.3 is 10.1 Å². The van der Waals surface area contributed by atoms with Crippen LogP contribution in [0.3, 0.4) is 0 Å². The minimum Gasteiger partial charge on any atom is -0.462 e. The van der Waals surface area contributed by atoms with Gasteiger partial charge in [-0.05, 0) is 63.3 Å². The number of halogens is 3. The maximum absolute atomic E-state index is 15.4. The Morgan fingerprint density at radius 3 is 2.60 bits per heavy atom. The van der Waals surface area contributed by atoms with Crippen molar-refractivity contribution in [2.24, 2.45) is 0 Å². The lowest BCUT2D eigenvalue weighted by atomic mass is 9.93. The molecule has 0 spiro atoms. The number of carbonyl (C=O) groups excluding carboxylic acids is 2. The van der Waals surface area contributed by atoms with Crippen molar-refractivity contribution in [3.05, 3.63) is 70.5 Å². The van der Waals surface area contributed by atoms with Crippen LogP contribution in [-0.2, 0) is 14.9 Å². The highest BCUT2D eigenvalue weighted by molar-refractivity contribution is 6.30. The van der Waals surface area contributed by atoms with Gasteiger partial charge >= 0.3 is 5.97 Å². The van der Waals surface area contributed by atoms with Gasteiger partial charge in [0.05, 0.1) is 29.8 Å². The number of ether oxygens (including phenoxy) is 1. The molecule has 0 unspecified atom stereocenters. The summed E-state index contributed by atoms with van der Waals surface area (Å²) in [5, 5.41) is 7.26. The van der Waals surface area contributed by atoms with Crippen molar-refractivity contribution in [1.29, 1.82) is 0 Å². The second-order valence-corrected chi connectivity index (χ2v) is 9.49. The SMILES string of the molecule is CCOC(=O)c1cc(NC(=O)C2(c3ccc(Cl)cc3F)CC2)cc(F)c1-c1cnn(C2CCC2)c1. The number of hydrogen-bond acceptors (Lipinski definition) is 4. The van der Waals surface area contributed by atoms with E-state index in [1.165, 1.54) is 30.5 Å². The Bertz CT molecular complexity index is 1320. The molecular weight excluding hydrogens is 476 g/mol. The molecule has 35 heavy (non-hydrogen) atoms. The van der Waals surface area contributed by atoms with Crippen LogP contribution in [0.4, 0.5) is 14.5 Å². The molecule has 2 saturated carbocycles. The molecule has 1 aromatic heterocycles. The van der Waals surface area contributed by atoms with Crippen LogP contribution < -0.4 is 5.32 Å². The Labute approximate surface area is 206 Å². The normalized spacial score (nSPS) is 16.5. The van der Waals surface area contributed by atoms with Crippen molar-refractivity contribution < 1.29 is 23.1 Å². The molecule has 2 fully saturated rings. The molecule has 1 N–H and O–H groups in total. The van der Waals surface area contributed by atoms with E-state index in [4.69, 9.17) is 16.3 Å². The predicted octanol–water partition coefficient (Wildman–Crippen LogP) is 6.05. The average Bonchev–Trinajstić information content (AvgIpc) is 3.44. The van der Waals surface area contributed by atoms with E-state index < -0.39 is 28.9 Å². The van der Waals surface area contributed by atoms with E-state index >= 15 is 4.39 Å². The zero-order chi connectivity index (χ0) is 24.7. The highest BCUT2D eigenvalue weighted by Crippen LogP contribution is 2.50. The predicted molar refractivity (Wildman–Crippen MR) is 127 cm³/mol. The number of benzene rings is 2. The molecule has 1 amide bonds. The minimum absolute atomic E-state index is 0.0159. The molecule has 9 heteroatoms. The average molecular weight is 500 g/mol. The monoisotopic (exact) mass is 499 g/mol. The van der Waals surface area contributed by atoms with E-state index in [1.807, 2.05) is 0 Å². The highest BCUT2D eigenvalue weighted by Gasteiger charge is 2.52. The standard InChI is InChI=1S/C26H24ClF2N3O3/c1-2-35-24(33)19-11-17(12-22(29)23(19)15-13-30-32(14-15)18-4-3-5-18)31-25(34)26(8-9-26)20-7-6-16(27)10-21(20)28/h6-7,10-14,18H,2-5,8-9H2,1H3,(H,31,34). The summed E-state index contributed by atoms with van der Waals surface area (Å²) < 4.78 is 36.9. The summed E-state index contributed by atoms with van der Waals surface area (Å²) in [5.41, 5.74) is -0.221. The molecule has 3 aromatic rings. The van der Waals surface area contributed by atoms with Gasteiger partial charge in [0.15, 0.2) is 0 Å². The van der Waals surface area contributed by atoms with E-state index in [0.717, 1.165) is 25.3 Å². The molecule has 5 rings (SSSR count). The Morgan fingerprint density at radius 2 is 1.97 bits per heavy atom. The molecule has 0 aliphatic heterocycles. The number of carbonyl (C=O) groups is 2. The molecule has 0 bridgehead atoms. The number of hydrogen-bond donors (Lipinski definition) is 1. The summed E-state index contributed by atoms with van der Waals surface area (Å²) in [6.07, 6.45) is 7.29. The van der Waals surface area contributed by atoms with Gasteiger partial charge in [0.1, 0.15) is 11.6 Å². The molecule has 2 aliphatic rings. The Hall–Kier alpha value is -3.26. The second kappa shape index (κ2) is 9.07. The summed E-state index contributed by atoms with van der Waals surface area (Å²) in [5.74, 6) is -2.44. The molecule has 2 aromatic carbocycles. The van der Waals surface area contributed by atoms with Gasteiger partial charge in [-0.2, -0.15) is 5.10 Å². The van der Waals surface area contributed by atoms with Crippen molar-refractivity contribution in [2.45, 2.75) is 50.5 Å². The molecule has 2 aliphatic carbocycles. The first-order valence-corrected chi connectivity index (χ1v) is 12.0. The first-order valence-electron chi connectivity index (χ1n) is 11.6. The van der Waals surface area contributed by atoms with Gasteiger partial charge in [-0.3, -0.25) is 9.48 Å². The van der Waals surface area contributed by atoms with Crippen LogP contribution in [0, 0.1) is 11.6 Å². The fourth-order valence-electron chi connectivity index (χ4n) is 4.53. The number of amides is 1. The van der Waals surface area contributed by atoms with Crippen LogP contribution in [0.2, 0.25) is 5.02 Å². The molecule has 0 radical (unpaired) electrons. The molecule has 182 valence electrons. The topological polar surface area (TPSA) is 73.2 Å². The summed E-state index contributed by atoms with van der Waals surface area (Å²) in [6.45, 7) is 1.77. The smallest absolute Gasteiger partial charge is 0.338 e. The van der Waals surface area contributed by atoms with Crippen molar-refractivity contribution in [1.82, 2.24) is 9.78 Å². The molecule has 0 atom stereocenters. The summed E-state index contributed by atoms with van der Waals surface area (Å²) in [6, 6.07) is 7.02. The van der Waals surface area contributed by atoms with Gasteiger partial charge in [-0.15, -0.1) is 0 Å². The van der Waals surface area contributed by atoms with Crippen LogP contribution in [-0.4, -0.2) is 28.3 Å². The van der Waals surface area contributed by atoms with Crippen LogP contribution in [0.15, 0.2) is 42.7 Å². The Morgan fingerprint density at radius 1 is 1.20 bits per heavy atom. The lowest BCUT2D eigenvalue weighted by molar-refractivity contribution is -0.118. The largest absolute Gasteiger partial charge is 0.462 e. The fraction of sp³-hybridized carbons (Fsp3) is 0.346. The van der Waals surface area contributed by atoms with Gasteiger partial charge in [0, 0.05) is 33.6 Å². The Kier molecular flexibility index (Phi) is 6.09. The van der Waals surface area contributed by atoms with E-state index in [9.17, 15) is 14.0 Å². The lowest BCUT2D eigenvalue weighted by Gasteiger charge is -2.25. The third-order valence-electron chi connectivity index (χ3n) is 6.81. The quantitative estimate of drug-likeness (QED) is 0.401. The zero-order valence-electron chi connectivity index (χ0n) is 19.1. The van der Waals surface area contributed by atoms with Crippen LogP contribution in [0.25, 0.3) is 11.1 Å². The fourth-order valence-corrected chi connectivity index (χ4v) is 4.69. The minimum atomic E-state index is -1.06. The summed E-state index contributed by atoms with van der Waals surface area (Å²) >= 11 is 5.85. The molecule has 6 nitrogen and oxygen atoms in total. The first-order chi connectivity index (χ1) is 16.8.